The maximum atomic E-state index is 12.5. The molecule has 3 rings (SSSR count). The van der Waals surface area contributed by atoms with Gasteiger partial charge in [-0.1, -0.05) is 12.1 Å². The number of ether oxygens (including phenoxy) is 2. The van der Waals surface area contributed by atoms with Gasteiger partial charge in [0.25, 0.3) is 5.69 Å². The van der Waals surface area contributed by atoms with Crippen molar-refractivity contribution in [3.05, 3.63) is 58.1 Å². The SMILES string of the molecule is COc1ccc([C@H]2CCCN2CC(=O)Nc2cccc([N+](=O)[O-])c2)c(OC)c1. The quantitative estimate of drug-likeness (QED) is 0.580. The Hall–Kier alpha value is -3.13. The minimum atomic E-state index is -0.484. The predicted octanol–water partition coefficient (Wildman–Crippen LogP) is 3.39. The summed E-state index contributed by atoms with van der Waals surface area (Å²) in [4.78, 5) is 25.0. The van der Waals surface area contributed by atoms with E-state index in [2.05, 4.69) is 10.2 Å². The van der Waals surface area contributed by atoms with Gasteiger partial charge in [-0.2, -0.15) is 0 Å². The third-order valence-electron chi connectivity index (χ3n) is 4.85. The lowest BCUT2D eigenvalue weighted by Gasteiger charge is -2.25. The summed E-state index contributed by atoms with van der Waals surface area (Å²) in [5.74, 6) is 1.24. The molecule has 1 aliphatic heterocycles. The molecule has 2 aromatic carbocycles. The van der Waals surface area contributed by atoms with Crippen molar-refractivity contribution in [1.29, 1.82) is 0 Å². The number of likely N-dealkylation sites (tertiary alicyclic amines) is 1. The first kappa shape index (κ1) is 19.6. The summed E-state index contributed by atoms with van der Waals surface area (Å²) in [7, 11) is 3.22. The number of nitrogens with one attached hydrogen (secondary N) is 1. The monoisotopic (exact) mass is 385 g/mol. The van der Waals surface area contributed by atoms with Gasteiger partial charge in [-0.25, -0.2) is 0 Å². The second-order valence-corrected chi connectivity index (χ2v) is 6.59. The van der Waals surface area contributed by atoms with Crippen LogP contribution >= 0.6 is 0 Å². The minimum Gasteiger partial charge on any atom is -0.497 e. The fourth-order valence-electron chi connectivity index (χ4n) is 3.54. The number of carbonyl (C=O) groups excluding carboxylic acids is 1. The van der Waals surface area contributed by atoms with Crippen molar-refractivity contribution in [3.8, 4) is 11.5 Å². The standard InChI is InChI=1S/C20H23N3O5/c1-27-16-8-9-17(19(12-16)28-2)18-7-4-10-22(18)13-20(24)21-14-5-3-6-15(11-14)23(25)26/h3,5-6,8-9,11-12,18H,4,7,10,13H2,1-2H3,(H,21,24)/t18-/m1/s1. The van der Waals surface area contributed by atoms with Gasteiger partial charge in [-0.15, -0.1) is 0 Å². The molecule has 0 aliphatic carbocycles. The Morgan fingerprint density at radius 2 is 2.07 bits per heavy atom. The second-order valence-electron chi connectivity index (χ2n) is 6.59. The Balaban J connectivity index is 1.71. The van der Waals surface area contributed by atoms with E-state index in [0.717, 1.165) is 30.7 Å². The Morgan fingerprint density at radius 3 is 2.79 bits per heavy atom. The molecule has 28 heavy (non-hydrogen) atoms. The molecule has 0 spiro atoms. The van der Waals surface area contributed by atoms with Crippen LogP contribution in [0.15, 0.2) is 42.5 Å². The first-order chi connectivity index (χ1) is 13.5. The van der Waals surface area contributed by atoms with E-state index in [4.69, 9.17) is 9.47 Å². The summed E-state index contributed by atoms with van der Waals surface area (Å²) in [6.07, 6.45) is 1.90. The summed E-state index contributed by atoms with van der Waals surface area (Å²) in [5.41, 5.74) is 1.38. The maximum Gasteiger partial charge on any atom is 0.271 e. The van der Waals surface area contributed by atoms with Gasteiger partial charge in [-0.05, 0) is 31.5 Å². The highest BCUT2D eigenvalue weighted by Crippen LogP contribution is 2.38. The van der Waals surface area contributed by atoms with Gasteiger partial charge < -0.3 is 14.8 Å². The Labute approximate surface area is 163 Å². The lowest BCUT2D eigenvalue weighted by Crippen LogP contribution is -2.33. The average Bonchev–Trinajstić information content (AvgIpc) is 3.15. The molecule has 0 bridgehead atoms. The molecule has 1 fully saturated rings. The Bertz CT molecular complexity index is 871. The average molecular weight is 385 g/mol. The van der Waals surface area contributed by atoms with E-state index >= 15 is 0 Å². The van der Waals surface area contributed by atoms with Crippen molar-refractivity contribution in [2.24, 2.45) is 0 Å². The number of hydrogen-bond donors (Lipinski definition) is 1. The molecular weight excluding hydrogens is 362 g/mol. The van der Waals surface area contributed by atoms with Crippen molar-refractivity contribution in [3.63, 3.8) is 0 Å². The molecule has 1 N–H and O–H groups in total. The number of methoxy groups -OCH3 is 2. The lowest BCUT2D eigenvalue weighted by molar-refractivity contribution is -0.384. The fourth-order valence-corrected chi connectivity index (χ4v) is 3.54. The Morgan fingerprint density at radius 1 is 1.25 bits per heavy atom. The van der Waals surface area contributed by atoms with E-state index in [-0.39, 0.29) is 24.2 Å². The van der Waals surface area contributed by atoms with Crippen molar-refractivity contribution in [1.82, 2.24) is 4.90 Å². The summed E-state index contributed by atoms with van der Waals surface area (Å²) in [5, 5.41) is 13.6. The topological polar surface area (TPSA) is 93.9 Å². The summed E-state index contributed by atoms with van der Waals surface area (Å²) in [6, 6.07) is 11.7. The van der Waals surface area contributed by atoms with Crippen LogP contribution in [0.1, 0.15) is 24.4 Å². The molecule has 0 saturated carbocycles. The van der Waals surface area contributed by atoms with Gasteiger partial charge >= 0.3 is 0 Å². The molecule has 0 radical (unpaired) electrons. The number of nitro groups is 1. The first-order valence-corrected chi connectivity index (χ1v) is 9.02. The van der Waals surface area contributed by atoms with Crippen LogP contribution in [0.5, 0.6) is 11.5 Å². The zero-order chi connectivity index (χ0) is 20.1. The van der Waals surface area contributed by atoms with Crippen LogP contribution in [0.4, 0.5) is 11.4 Å². The van der Waals surface area contributed by atoms with Gasteiger partial charge in [-0.3, -0.25) is 19.8 Å². The highest BCUT2D eigenvalue weighted by Gasteiger charge is 2.30. The van der Waals surface area contributed by atoms with Crippen molar-refractivity contribution < 1.29 is 19.2 Å². The highest BCUT2D eigenvalue weighted by molar-refractivity contribution is 5.92. The first-order valence-electron chi connectivity index (χ1n) is 9.02. The fraction of sp³-hybridized carbons (Fsp3) is 0.350. The molecule has 1 atom stereocenters. The molecule has 1 aliphatic rings. The molecule has 148 valence electrons. The van der Waals surface area contributed by atoms with Crippen LogP contribution in [0, 0.1) is 10.1 Å². The lowest BCUT2D eigenvalue weighted by atomic mass is 10.0. The molecule has 8 nitrogen and oxygen atoms in total. The zero-order valence-electron chi connectivity index (χ0n) is 15.9. The predicted molar refractivity (Wildman–Crippen MR) is 105 cm³/mol. The zero-order valence-corrected chi connectivity index (χ0v) is 15.9. The van der Waals surface area contributed by atoms with E-state index in [1.165, 1.54) is 12.1 Å². The number of nitro benzene ring substituents is 1. The van der Waals surface area contributed by atoms with Crippen LogP contribution < -0.4 is 14.8 Å². The van der Waals surface area contributed by atoms with Crippen molar-refractivity contribution in [2.75, 3.05) is 32.6 Å². The normalized spacial score (nSPS) is 16.6. The molecule has 0 unspecified atom stereocenters. The van der Waals surface area contributed by atoms with Crippen LogP contribution in [-0.4, -0.2) is 43.0 Å². The maximum absolute atomic E-state index is 12.5. The van der Waals surface area contributed by atoms with Crippen molar-refractivity contribution in [2.45, 2.75) is 18.9 Å². The number of non-ortho nitro benzene ring substituents is 1. The minimum absolute atomic E-state index is 0.0557. The van der Waals surface area contributed by atoms with E-state index in [9.17, 15) is 14.9 Å². The van der Waals surface area contributed by atoms with Crippen LogP contribution in [0.25, 0.3) is 0 Å². The van der Waals surface area contributed by atoms with Crippen LogP contribution in [-0.2, 0) is 4.79 Å². The number of hydrogen-bond acceptors (Lipinski definition) is 6. The van der Waals surface area contributed by atoms with E-state index < -0.39 is 4.92 Å². The van der Waals surface area contributed by atoms with Gasteiger partial charge in [0.15, 0.2) is 0 Å². The number of anilines is 1. The third kappa shape index (κ3) is 4.40. The third-order valence-corrected chi connectivity index (χ3v) is 4.85. The summed E-state index contributed by atoms with van der Waals surface area (Å²) >= 11 is 0. The largest absolute Gasteiger partial charge is 0.497 e. The molecule has 0 aromatic heterocycles. The number of rotatable bonds is 7. The highest BCUT2D eigenvalue weighted by atomic mass is 16.6. The van der Waals surface area contributed by atoms with Crippen LogP contribution in [0.3, 0.4) is 0 Å². The van der Waals surface area contributed by atoms with Gasteiger partial charge in [0.2, 0.25) is 5.91 Å². The van der Waals surface area contributed by atoms with Gasteiger partial charge in [0, 0.05) is 35.5 Å². The molecular formula is C20H23N3O5. The summed E-state index contributed by atoms with van der Waals surface area (Å²) < 4.78 is 10.8. The van der Waals surface area contributed by atoms with Crippen LogP contribution in [0.2, 0.25) is 0 Å². The molecule has 2 aromatic rings. The van der Waals surface area contributed by atoms with E-state index in [0.29, 0.717) is 11.4 Å². The molecule has 1 amide bonds. The van der Waals surface area contributed by atoms with Crippen molar-refractivity contribution >= 4 is 17.3 Å². The van der Waals surface area contributed by atoms with Gasteiger partial charge in [0.1, 0.15) is 11.5 Å². The number of amides is 1. The molecule has 8 heteroatoms. The smallest absolute Gasteiger partial charge is 0.271 e. The Kier molecular flexibility index (Phi) is 6.10. The summed E-state index contributed by atoms with van der Waals surface area (Å²) in [6.45, 7) is 0.991. The molecule has 1 saturated heterocycles. The van der Waals surface area contributed by atoms with Gasteiger partial charge in [0.05, 0.1) is 25.7 Å². The van der Waals surface area contributed by atoms with E-state index in [1.807, 2.05) is 18.2 Å². The second kappa shape index (κ2) is 8.71. The number of nitrogens with zero attached hydrogens (tertiary/aromatic N) is 2. The van der Waals surface area contributed by atoms with E-state index in [1.54, 1.807) is 26.4 Å². The molecule has 1 heterocycles. The number of benzene rings is 2. The number of carbonyl (C=O) groups is 1.